The average molecular weight is 454 g/mol. The highest BCUT2D eigenvalue weighted by molar-refractivity contribution is 8.00. The summed E-state index contributed by atoms with van der Waals surface area (Å²) >= 11 is 1.29. The van der Waals surface area contributed by atoms with E-state index in [1.807, 2.05) is 30.4 Å². The Labute approximate surface area is 191 Å². The Balaban J connectivity index is 4.55. The van der Waals surface area contributed by atoms with Crippen LogP contribution >= 0.6 is 11.8 Å². The van der Waals surface area contributed by atoms with Crippen LogP contribution in [-0.4, -0.2) is 52.4 Å². The first-order chi connectivity index (χ1) is 14.9. The quantitative estimate of drug-likeness (QED) is 0.122. The number of carbonyl (C=O) groups excluding carboxylic acids is 1. The molecular formula is C24H39NO5S. The number of aliphatic hydroxyl groups is 1. The monoisotopic (exact) mass is 453 g/mol. The summed E-state index contributed by atoms with van der Waals surface area (Å²) in [5.41, 5.74) is 5.58. The van der Waals surface area contributed by atoms with Crippen molar-refractivity contribution in [2.24, 2.45) is 5.73 Å². The van der Waals surface area contributed by atoms with Crippen molar-refractivity contribution in [1.82, 2.24) is 0 Å². The molecule has 0 saturated carbocycles. The van der Waals surface area contributed by atoms with Gasteiger partial charge in [0.05, 0.1) is 13.2 Å². The fourth-order valence-corrected chi connectivity index (χ4v) is 3.70. The van der Waals surface area contributed by atoms with Crippen molar-refractivity contribution in [3.63, 3.8) is 0 Å². The summed E-state index contributed by atoms with van der Waals surface area (Å²) in [5.74, 6) is -1.20. The van der Waals surface area contributed by atoms with Gasteiger partial charge < -0.3 is 20.7 Å². The highest BCUT2D eigenvalue weighted by Crippen LogP contribution is 2.21. The molecule has 0 aliphatic rings. The molecule has 176 valence electrons. The summed E-state index contributed by atoms with van der Waals surface area (Å²) in [6.45, 7) is 2.20. The zero-order valence-electron chi connectivity index (χ0n) is 18.8. The summed E-state index contributed by atoms with van der Waals surface area (Å²) in [4.78, 5) is 22.2. The van der Waals surface area contributed by atoms with E-state index in [9.17, 15) is 14.7 Å². The topological polar surface area (TPSA) is 110 Å². The van der Waals surface area contributed by atoms with E-state index in [0.717, 1.165) is 12.8 Å². The maximum atomic E-state index is 11.2. The second kappa shape index (κ2) is 20.1. The van der Waals surface area contributed by atoms with E-state index in [2.05, 4.69) is 29.9 Å². The second-order valence-electron chi connectivity index (χ2n) is 7.18. The minimum atomic E-state index is -1.07. The standard InChI is InChI=1S/C24H39NO5S/c1-3-4-5-6-7-8-9-10-11-12-13-14-17-22(31-19-20(25)24(28)29)21(26)16-15-18-23(27)30-2/h7-8,10-14,17,20-22,26H,3-6,9,15-16,18-19,25H2,1-2H3,(H,28,29)/b8-7-,11-10-,13-12-,17-14-/t20-,21+,22+/m1/s1. The molecule has 0 fully saturated rings. The van der Waals surface area contributed by atoms with Gasteiger partial charge in [0.1, 0.15) is 6.04 Å². The van der Waals surface area contributed by atoms with E-state index in [0.29, 0.717) is 12.8 Å². The van der Waals surface area contributed by atoms with Gasteiger partial charge in [-0.3, -0.25) is 9.59 Å². The number of ether oxygens (including phenoxy) is 1. The summed E-state index contributed by atoms with van der Waals surface area (Å²) in [6, 6.07) is -0.989. The van der Waals surface area contributed by atoms with Crippen LogP contribution < -0.4 is 5.73 Å². The fourth-order valence-electron chi connectivity index (χ4n) is 2.57. The molecule has 4 N–H and O–H groups in total. The van der Waals surface area contributed by atoms with Crippen molar-refractivity contribution in [3.05, 3.63) is 48.6 Å². The Morgan fingerprint density at radius 3 is 2.48 bits per heavy atom. The molecule has 0 spiro atoms. The zero-order chi connectivity index (χ0) is 23.3. The summed E-state index contributed by atoms with van der Waals surface area (Å²) in [5, 5.41) is 19.1. The normalized spacial score (nSPS) is 15.2. The van der Waals surface area contributed by atoms with Gasteiger partial charge in [0.15, 0.2) is 0 Å². The molecule has 0 aromatic heterocycles. The number of thioether (sulfide) groups is 1. The number of nitrogens with two attached hydrogens (primary N) is 1. The molecule has 0 heterocycles. The summed E-state index contributed by atoms with van der Waals surface area (Å²) in [6.07, 6.45) is 22.1. The molecule has 0 saturated heterocycles. The molecule has 0 aromatic rings. The molecule has 31 heavy (non-hydrogen) atoms. The predicted octanol–water partition coefficient (Wildman–Crippen LogP) is 4.40. The first-order valence-corrected chi connectivity index (χ1v) is 12.0. The number of hydrogen-bond donors (Lipinski definition) is 3. The van der Waals surface area contributed by atoms with Crippen LogP contribution in [0.5, 0.6) is 0 Å². The van der Waals surface area contributed by atoms with E-state index >= 15 is 0 Å². The lowest BCUT2D eigenvalue weighted by Gasteiger charge is -2.20. The van der Waals surface area contributed by atoms with Gasteiger partial charge in [-0.25, -0.2) is 0 Å². The lowest BCUT2D eigenvalue weighted by atomic mass is 10.1. The zero-order valence-corrected chi connectivity index (χ0v) is 19.6. The summed E-state index contributed by atoms with van der Waals surface area (Å²) in [7, 11) is 1.33. The number of methoxy groups -OCH3 is 1. The van der Waals surface area contributed by atoms with Crippen LogP contribution in [0, 0.1) is 0 Å². The molecule has 0 amide bonds. The van der Waals surface area contributed by atoms with Crippen LogP contribution in [0.15, 0.2) is 48.6 Å². The number of carbonyl (C=O) groups is 2. The molecule has 0 radical (unpaired) electrons. The van der Waals surface area contributed by atoms with E-state index in [1.54, 1.807) is 0 Å². The van der Waals surface area contributed by atoms with Gasteiger partial charge in [-0.2, -0.15) is 0 Å². The Kier molecular flexibility index (Phi) is 18.9. The first-order valence-electron chi connectivity index (χ1n) is 10.9. The number of carboxylic acids is 1. The first kappa shape index (κ1) is 29.2. The van der Waals surface area contributed by atoms with Crippen molar-refractivity contribution in [2.45, 2.75) is 75.7 Å². The lowest BCUT2D eigenvalue weighted by molar-refractivity contribution is -0.141. The Bertz CT molecular complexity index is 601. The largest absolute Gasteiger partial charge is 0.480 e. The van der Waals surface area contributed by atoms with Crippen LogP contribution in [0.3, 0.4) is 0 Å². The highest BCUT2D eigenvalue weighted by Gasteiger charge is 2.20. The maximum absolute atomic E-state index is 11.2. The number of carboxylic acid groups (broad SMARTS) is 1. The minimum absolute atomic E-state index is 0.187. The van der Waals surface area contributed by atoms with Crippen LogP contribution in [0.4, 0.5) is 0 Å². The Morgan fingerprint density at radius 2 is 1.81 bits per heavy atom. The SMILES string of the molecule is CCCCC/C=C\C\C=C/C=C\C=C/[C@H](SC[C@@H](N)C(=O)O)[C@@H](O)CCCC(=O)OC. The molecule has 0 aromatic carbocycles. The van der Waals surface area contributed by atoms with Gasteiger partial charge >= 0.3 is 11.9 Å². The van der Waals surface area contributed by atoms with Gasteiger partial charge in [0, 0.05) is 17.4 Å². The lowest BCUT2D eigenvalue weighted by Crippen LogP contribution is -2.34. The van der Waals surface area contributed by atoms with E-state index in [4.69, 9.17) is 10.8 Å². The van der Waals surface area contributed by atoms with Gasteiger partial charge in [0.2, 0.25) is 0 Å². The van der Waals surface area contributed by atoms with Crippen molar-refractivity contribution < 1.29 is 24.5 Å². The summed E-state index contributed by atoms with van der Waals surface area (Å²) < 4.78 is 4.61. The number of esters is 1. The van der Waals surface area contributed by atoms with Gasteiger partial charge in [0.25, 0.3) is 0 Å². The van der Waals surface area contributed by atoms with E-state index in [-0.39, 0.29) is 23.4 Å². The molecular weight excluding hydrogens is 414 g/mol. The van der Waals surface area contributed by atoms with Gasteiger partial charge in [-0.05, 0) is 32.1 Å². The second-order valence-corrected chi connectivity index (χ2v) is 8.39. The Morgan fingerprint density at radius 1 is 1.06 bits per heavy atom. The molecule has 0 aliphatic carbocycles. The van der Waals surface area contributed by atoms with Gasteiger partial charge in [-0.1, -0.05) is 68.4 Å². The molecule has 7 heteroatoms. The average Bonchev–Trinajstić information content (AvgIpc) is 2.75. The Hall–Kier alpha value is -1.83. The van der Waals surface area contributed by atoms with Crippen molar-refractivity contribution >= 4 is 23.7 Å². The number of aliphatic hydroxyl groups excluding tert-OH is 1. The molecule has 0 bridgehead atoms. The molecule has 3 atom stereocenters. The third-order valence-electron chi connectivity index (χ3n) is 4.46. The van der Waals surface area contributed by atoms with Crippen LogP contribution in [-0.2, 0) is 14.3 Å². The molecule has 0 rings (SSSR count). The number of hydrogen-bond acceptors (Lipinski definition) is 6. The number of allylic oxidation sites excluding steroid dienone is 7. The van der Waals surface area contributed by atoms with E-state index in [1.165, 1.54) is 38.1 Å². The highest BCUT2D eigenvalue weighted by atomic mass is 32.2. The molecule has 0 aliphatic heterocycles. The van der Waals surface area contributed by atoms with Crippen LogP contribution in [0.2, 0.25) is 0 Å². The minimum Gasteiger partial charge on any atom is -0.480 e. The van der Waals surface area contributed by atoms with Crippen LogP contribution in [0.1, 0.15) is 58.3 Å². The molecule has 0 unspecified atom stereocenters. The van der Waals surface area contributed by atoms with Crippen molar-refractivity contribution in [1.29, 1.82) is 0 Å². The maximum Gasteiger partial charge on any atom is 0.321 e. The van der Waals surface area contributed by atoms with Gasteiger partial charge in [-0.15, -0.1) is 11.8 Å². The van der Waals surface area contributed by atoms with Crippen molar-refractivity contribution in [2.75, 3.05) is 12.9 Å². The fraction of sp³-hybridized carbons (Fsp3) is 0.583. The number of aliphatic carboxylic acids is 1. The third kappa shape index (κ3) is 17.5. The van der Waals surface area contributed by atoms with Crippen molar-refractivity contribution in [3.8, 4) is 0 Å². The smallest absolute Gasteiger partial charge is 0.321 e. The third-order valence-corrected chi connectivity index (χ3v) is 5.86. The number of unbranched alkanes of at least 4 members (excludes halogenated alkanes) is 3. The molecule has 6 nitrogen and oxygen atoms in total. The number of rotatable bonds is 18. The van der Waals surface area contributed by atoms with Crippen LogP contribution in [0.25, 0.3) is 0 Å². The van der Waals surface area contributed by atoms with E-state index < -0.39 is 18.1 Å². The predicted molar refractivity (Wildman–Crippen MR) is 129 cm³/mol.